The van der Waals surface area contributed by atoms with Crippen LogP contribution in [0.5, 0.6) is 0 Å². The average molecular weight is 271 g/mol. The molecule has 0 aromatic rings. The van der Waals surface area contributed by atoms with Gasteiger partial charge in [-0.15, -0.1) is 0 Å². The minimum atomic E-state index is 0.832. The van der Waals surface area contributed by atoms with E-state index in [4.69, 9.17) is 0 Å². The minimum Gasteiger partial charge on any atom is -0.319 e. The van der Waals surface area contributed by atoms with Crippen LogP contribution in [0, 0.1) is 5.92 Å². The van der Waals surface area contributed by atoms with Crippen molar-refractivity contribution in [1.29, 1.82) is 0 Å². The van der Waals surface area contributed by atoms with Gasteiger partial charge in [0.25, 0.3) is 0 Å². The van der Waals surface area contributed by atoms with Gasteiger partial charge < -0.3 is 10.2 Å². The molecule has 1 N–H and O–H groups in total. The lowest BCUT2D eigenvalue weighted by atomic mass is 10.00. The molecule has 0 heterocycles. The van der Waals surface area contributed by atoms with Crippen LogP contribution < -0.4 is 5.32 Å². The summed E-state index contributed by atoms with van der Waals surface area (Å²) in [5, 5.41) is 3.36. The molecule has 0 aromatic carbocycles. The Hall–Kier alpha value is -0.0800. The summed E-state index contributed by atoms with van der Waals surface area (Å²) < 4.78 is 0. The number of nitrogens with zero attached hydrogens (tertiary/aromatic N) is 1. The average Bonchev–Trinajstić information content (AvgIpc) is 2.40. The molecule has 0 rings (SSSR count). The Bertz CT molecular complexity index is 171. The third kappa shape index (κ3) is 12.7. The SMILES string of the molecule is CCCCCCC(CNC)CN(C)CCCCCC. The second-order valence-corrected chi connectivity index (χ2v) is 6.10. The zero-order chi connectivity index (χ0) is 14.3. The van der Waals surface area contributed by atoms with Gasteiger partial charge in [0, 0.05) is 6.54 Å². The summed E-state index contributed by atoms with van der Waals surface area (Å²) >= 11 is 0. The maximum absolute atomic E-state index is 3.36. The molecule has 0 aliphatic rings. The molecular weight excluding hydrogens is 232 g/mol. The zero-order valence-electron chi connectivity index (χ0n) is 14.0. The summed E-state index contributed by atoms with van der Waals surface area (Å²) in [6.07, 6.45) is 12.4. The molecule has 0 aromatic heterocycles. The second kappa shape index (κ2) is 14.3. The standard InChI is InChI=1S/C17H38N2/c1-5-7-9-11-13-17(15-18-3)16-19(4)14-12-10-8-6-2/h17-18H,5-16H2,1-4H3. The van der Waals surface area contributed by atoms with Gasteiger partial charge in [-0.05, 0) is 45.9 Å². The fraction of sp³-hybridized carbons (Fsp3) is 1.00. The number of hydrogen-bond acceptors (Lipinski definition) is 2. The Morgan fingerprint density at radius 3 is 2.11 bits per heavy atom. The van der Waals surface area contributed by atoms with Gasteiger partial charge >= 0.3 is 0 Å². The van der Waals surface area contributed by atoms with Crippen molar-refractivity contribution in [3.8, 4) is 0 Å². The number of nitrogens with one attached hydrogen (secondary N) is 1. The third-order valence-corrected chi connectivity index (χ3v) is 3.92. The van der Waals surface area contributed by atoms with Gasteiger partial charge in [0.05, 0.1) is 0 Å². The van der Waals surface area contributed by atoms with Crippen molar-refractivity contribution in [2.75, 3.05) is 33.7 Å². The van der Waals surface area contributed by atoms with Crippen molar-refractivity contribution >= 4 is 0 Å². The van der Waals surface area contributed by atoms with Gasteiger partial charge in [-0.1, -0.05) is 58.8 Å². The van der Waals surface area contributed by atoms with Crippen LogP contribution in [-0.4, -0.2) is 38.6 Å². The highest BCUT2D eigenvalue weighted by Gasteiger charge is 2.10. The first-order valence-corrected chi connectivity index (χ1v) is 8.57. The van der Waals surface area contributed by atoms with Crippen molar-refractivity contribution in [1.82, 2.24) is 10.2 Å². The molecule has 19 heavy (non-hydrogen) atoms. The highest BCUT2D eigenvalue weighted by atomic mass is 15.1. The lowest BCUT2D eigenvalue weighted by molar-refractivity contribution is 0.255. The number of hydrogen-bond donors (Lipinski definition) is 1. The Kier molecular flexibility index (Phi) is 14.3. The fourth-order valence-corrected chi connectivity index (χ4v) is 2.75. The topological polar surface area (TPSA) is 15.3 Å². The minimum absolute atomic E-state index is 0.832. The van der Waals surface area contributed by atoms with Gasteiger partial charge in [-0.25, -0.2) is 0 Å². The molecule has 0 spiro atoms. The van der Waals surface area contributed by atoms with E-state index in [0.717, 1.165) is 5.92 Å². The Morgan fingerprint density at radius 1 is 0.895 bits per heavy atom. The van der Waals surface area contributed by atoms with E-state index in [-0.39, 0.29) is 0 Å². The number of unbranched alkanes of at least 4 members (excludes halogenated alkanes) is 6. The number of rotatable bonds is 14. The molecular formula is C17H38N2. The van der Waals surface area contributed by atoms with Gasteiger partial charge in [0.1, 0.15) is 0 Å². The second-order valence-electron chi connectivity index (χ2n) is 6.10. The summed E-state index contributed by atoms with van der Waals surface area (Å²) in [5.74, 6) is 0.832. The van der Waals surface area contributed by atoms with Crippen molar-refractivity contribution in [2.45, 2.75) is 71.6 Å². The molecule has 0 aliphatic heterocycles. The molecule has 1 atom stereocenters. The lowest BCUT2D eigenvalue weighted by Gasteiger charge is -2.24. The highest BCUT2D eigenvalue weighted by Crippen LogP contribution is 2.12. The van der Waals surface area contributed by atoms with E-state index >= 15 is 0 Å². The van der Waals surface area contributed by atoms with Crippen LogP contribution in [0.3, 0.4) is 0 Å². The first kappa shape index (κ1) is 18.9. The predicted octanol–water partition coefficient (Wildman–Crippen LogP) is 4.30. The molecule has 2 nitrogen and oxygen atoms in total. The van der Waals surface area contributed by atoms with Crippen LogP contribution in [0.4, 0.5) is 0 Å². The van der Waals surface area contributed by atoms with Gasteiger partial charge in [-0.3, -0.25) is 0 Å². The molecule has 0 bridgehead atoms. The molecule has 0 radical (unpaired) electrons. The largest absolute Gasteiger partial charge is 0.319 e. The first-order chi connectivity index (χ1) is 9.24. The van der Waals surface area contributed by atoms with E-state index in [1.54, 1.807) is 0 Å². The fourth-order valence-electron chi connectivity index (χ4n) is 2.75. The molecule has 0 fully saturated rings. The summed E-state index contributed by atoms with van der Waals surface area (Å²) in [6.45, 7) is 8.28. The Labute approximate surface area is 122 Å². The van der Waals surface area contributed by atoms with Crippen molar-refractivity contribution in [3.63, 3.8) is 0 Å². The van der Waals surface area contributed by atoms with Crippen molar-refractivity contribution in [3.05, 3.63) is 0 Å². The van der Waals surface area contributed by atoms with E-state index in [0.29, 0.717) is 0 Å². The summed E-state index contributed by atoms with van der Waals surface area (Å²) in [4.78, 5) is 2.54. The predicted molar refractivity (Wildman–Crippen MR) is 87.8 cm³/mol. The van der Waals surface area contributed by atoms with Gasteiger partial charge in [-0.2, -0.15) is 0 Å². The highest BCUT2D eigenvalue weighted by molar-refractivity contribution is 4.66. The Morgan fingerprint density at radius 2 is 1.53 bits per heavy atom. The smallest absolute Gasteiger partial charge is 0.00187 e. The van der Waals surface area contributed by atoms with E-state index in [1.165, 1.54) is 77.4 Å². The van der Waals surface area contributed by atoms with Crippen LogP contribution >= 0.6 is 0 Å². The zero-order valence-corrected chi connectivity index (χ0v) is 14.0. The lowest BCUT2D eigenvalue weighted by Crippen LogP contribution is -2.32. The molecule has 1 unspecified atom stereocenters. The summed E-state index contributed by atoms with van der Waals surface area (Å²) in [6, 6.07) is 0. The van der Waals surface area contributed by atoms with Gasteiger partial charge in [0.15, 0.2) is 0 Å². The maximum atomic E-state index is 3.36. The van der Waals surface area contributed by atoms with Crippen LogP contribution in [0.25, 0.3) is 0 Å². The van der Waals surface area contributed by atoms with E-state index < -0.39 is 0 Å². The monoisotopic (exact) mass is 270 g/mol. The maximum Gasteiger partial charge on any atom is 0.00187 e. The van der Waals surface area contributed by atoms with Crippen molar-refractivity contribution in [2.24, 2.45) is 5.92 Å². The molecule has 116 valence electrons. The molecule has 0 saturated heterocycles. The first-order valence-electron chi connectivity index (χ1n) is 8.57. The quantitative estimate of drug-likeness (QED) is 0.473. The molecule has 0 amide bonds. The van der Waals surface area contributed by atoms with Crippen LogP contribution in [0.15, 0.2) is 0 Å². The molecule has 0 saturated carbocycles. The molecule has 0 aliphatic carbocycles. The molecule has 2 heteroatoms. The van der Waals surface area contributed by atoms with Crippen LogP contribution in [-0.2, 0) is 0 Å². The van der Waals surface area contributed by atoms with E-state index in [1.807, 2.05) is 0 Å². The van der Waals surface area contributed by atoms with E-state index in [9.17, 15) is 0 Å². The third-order valence-electron chi connectivity index (χ3n) is 3.92. The Balaban J connectivity index is 3.70. The van der Waals surface area contributed by atoms with Crippen LogP contribution in [0.1, 0.15) is 71.6 Å². The van der Waals surface area contributed by atoms with Gasteiger partial charge in [0.2, 0.25) is 0 Å². The van der Waals surface area contributed by atoms with Crippen LogP contribution in [0.2, 0.25) is 0 Å². The normalized spacial score (nSPS) is 13.1. The summed E-state index contributed by atoms with van der Waals surface area (Å²) in [5.41, 5.74) is 0. The van der Waals surface area contributed by atoms with Crippen molar-refractivity contribution < 1.29 is 0 Å². The summed E-state index contributed by atoms with van der Waals surface area (Å²) in [7, 11) is 4.38. The van der Waals surface area contributed by atoms with E-state index in [2.05, 4.69) is 38.2 Å².